The molecule has 0 saturated carbocycles. The largest absolute Gasteiger partial charge is 0.341 e. The van der Waals surface area contributed by atoms with E-state index in [4.69, 9.17) is 0 Å². The van der Waals surface area contributed by atoms with Crippen molar-refractivity contribution in [2.75, 3.05) is 13.6 Å². The van der Waals surface area contributed by atoms with E-state index in [0.717, 1.165) is 19.6 Å². The standard InChI is InChI=1S/C14H17BrN2/c1-9-4-5-10(2)14-12(9)13(15)11-8-16(3)6-7-17(11)14/h4-5H,6-8H2,1-3H3. The average Bonchev–Trinajstić information content (AvgIpc) is 2.59. The van der Waals surface area contributed by atoms with Crippen molar-refractivity contribution in [1.29, 1.82) is 0 Å². The smallest absolute Gasteiger partial charge is 0.0527 e. The summed E-state index contributed by atoms with van der Waals surface area (Å²) in [6.07, 6.45) is 0. The average molecular weight is 293 g/mol. The van der Waals surface area contributed by atoms with Crippen LogP contribution >= 0.6 is 15.9 Å². The Labute approximate surface area is 110 Å². The lowest BCUT2D eigenvalue weighted by molar-refractivity contribution is 0.272. The van der Waals surface area contributed by atoms with Gasteiger partial charge in [-0.3, -0.25) is 4.90 Å². The van der Waals surface area contributed by atoms with Gasteiger partial charge in [-0.25, -0.2) is 0 Å². The van der Waals surface area contributed by atoms with Crippen LogP contribution in [0, 0.1) is 13.8 Å². The Balaban J connectivity index is 2.41. The lowest BCUT2D eigenvalue weighted by Gasteiger charge is -2.25. The van der Waals surface area contributed by atoms with Crippen molar-refractivity contribution >= 4 is 26.8 Å². The third kappa shape index (κ3) is 1.56. The van der Waals surface area contributed by atoms with Gasteiger partial charge < -0.3 is 4.57 Å². The zero-order valence-electron chi connectivity index (χ0n) is 10.5. The number of hydrogen-bond donors (Lipinski definition) is 0. The number of aryl methyl sites for hydroxylation is 2. The molecule has 0 fully saturated rings. The molecule has 1 aromatic carbocycles. The summed E-state index contributed by atoms with van der Waals surface area (Å²) in [6.45, 7) is 7.67. The molecule has 0 unspecified atom stereocenters. The molecule has 0 saturated heterocycles. The number of nitrogens with zero attached hydrogens (tertiary/aromatic N) is 2. The molecule has 0 aliphatic carbocycles. The molecular weight excluding hydrogens is 276 g/mol. The molecular formula is C14H17BrN2. The zero-order valence-corrected chi connectivity index (χ0v) is 12.1. The van der Waals surface area contributed by atoms with Crippen LogP contribution < -0.4 is 0 Å². The van der Waals surface area contributed by atoms with Crippen LogP contribution in [0.3, 0.4) is 0 Å². The molecule has 1 aromatic heterocycles. The Morgan fingerprint density at radius 3 is 2.59 bits per heavy atom. The van der Waals surface area contributed by atoms with Crippen LogP contribution in [0.1, 0.15) is 16.8 Å². The summed E-state index contributed by atoms with van der Waals surface area (Å²) < 4.78 is 3.78. The van der Waals surface area contributed by atoms with Gasteiger partial charge in [-0.2, -0.15) is 0 Å². The summed E-state index contributed by atoms with van der Waals surface area (Å²) in [5, 5.41) is 1.40. The summed E-state index contributed by atoms with van der Waals surface area (Å²) in [4.78, 5) is 2.38. The summed E-state index contributed by atoms with van der Waals surface area (Å²) in [7, 11) is 2.19. The SMILES string of the molecule is Cc1ccc(C)c2c1c(Br)c1n2CCN(C)C1. The van der Waals surface area contributed by atoms with Gasteiger partial charge in [0.1, 0.15) is 0 Å². The van der Waals surface area contributed by atoms with E-state index in [1.54, 1.807) is 0 Å². The van der Waals surface area contributed by atoms with Crippen LogP contribution in [0.4, 0.5) is 0 Å². The fraction of sp³-hybridized carbons (Fsp3) is 0.429. The Kier molecular flexibility index (Phi) is 2.56. The lowest BCUT2D eigenvalue weighted by Crippen LogP contribution is -2.30. The number of halogens is 1. The molecule has 3 heteroatoms. The minimum absolute atomic E-state index is 1.04. The molecule has 3 rings (SSSR count). The molecule has 2 aromatic rings. The number of hydrogen-bond acceptors (Lipinski definition) is 1. The second-order valence-corrected chi connectivity index (χ2v) is 5.87. The monoisotopic (exact) mass is 292 g/mol. The maximum Gasteiger partial charge on any atom is 0.0527 e. The molecule has 0 bridgehead atoms. The number of fused-ring (bicyclic) bond motifs is 3. The van der Waals surface area contributed by atoms with Crippen molar-refractivity contribution in [3.05, 3.63) is 33.4 Å². The summed E-state index contributed by atoms with van der Waals surface area (Å²) in [6, 6.07) is 4.45. The van der Waals surface area contributed by atoms with Gasteiger partial charge in [-0.15, -0.1) is 0 Å². The van der Waals surface area contributed by atoms with E-state index < -0.39 is 0 Å². The van der Waals surface area contributed by atoms with E-state index in [1.807, 2.05) is 0 Å². The fourth-order valence-electron chi connectivity index (χ4n) is 2.83. The van der Waals surface area contributed by atoms with E-state index in [9.17, 15) is 0 Å². The molecule has 1 aliphatic heterocycles. The van der Waals surface area contributed by atoms with Crippen molar-refractivity contribution in [2.45, 2.75) is 26.9 Å². The van der Waals surface area contributed by atoms with Crippen LogP contribution in [0.2, 0.25) is 0 Å². The predicted octanol–water partition coefficient (Wildman–Crippen LogP) is 3.47. The zero-order chi connectivity index (χ0) is 12.2. The minimum atomic E-state index is 1.04. The maximum absolute atomic E-state index is 3.80. The first-order chi connectivity index (χ1) is 8.09. The van der Waals surface area contributed by atoms with Crippen molar-refractivity contribution in [1.82, 2.24) is 9.47 Å². The first-order valence-corrected chi connectivity index (χ1v) is 6.84. The number of aromatic nitrogens is 1. The highest BCUT2D eigenvalue weighted by atomic mass is 79.9. The molecule has 0 amide bonds. The first-order valence-electron chi connectivity index (χ1n) is 6.05. The molecule has 90 valence electrons. The number of benzene rings is 1. The number of likely N-dealkylation sites (N-methyl/N-ethyl adjacent to an activating group) is 1. The van der Waals surface area contributed by atoms with E-state index in [-0.39, 0.29) is 0 Å². The highest BCUT2D eigenvalue weighted by Crippen LogP contribution is 2.37. The van der Waals surface area contributed by atoms with Gasteiger partial charge in [0.2, 0.25) is 0 Å². The van der Waals surface area contributed by atoms with Gasteiger partial charge in [0, 0.05) is 35.2 Å². The van der Waals surface area contributed by atoms with Crippen LogP contribution in [0.25, 0.3) is 10.9 Å². The summed E-state index contributed by atoms with van der Waals surface area (Å²) in [5.74, 6) is 0. The van der Waals surface area contributed by atoms with E-state index in [0.29, 0.717) is 0 Å². The van der Waals surface area contributed by atoms with Gasteiger partial charge in [0.25, 0.3) is 0 Å². The topological polar surface area (TPSA) is 8.17 Å². The molecule has 1 aliphatic rings. The molecule has 17 heavy (non-hydrogen) atoms. The quantitative estimate of drug-likeness (QED) is 0.722. The Morgan fingerprint density at radius 1 is 1.12 bits per heavy atom. The molecule has 0 atom stereocenters. The van der Waals surface area contributed by atoms with Crippen molar-refractivity contribution in [3.8, 4) is 0 Å². The first kappa shape index (κ1) is 11.3. The van der Waals surface area contributed by atoms with Gasteiger partial charge in [-0.1, -0.05) is 12.1 Å². The summed E-state index contributed by atoms with van der Waals surface area (Å²) in [5.41, 5.74) is 5.58. The Hall–Kier alpha value is -0.800. The second kappa shape index (κ2) is 3.85. The minimum Gasteiger partial charge on any atom is -0.341 e. The van der Waals surface area contributed by atoms with Crippen LogP contribution in [0.15, 0.2) is 16.6 Å². The van der Waals surface area contributed by atoms with Gasteiger partial charge >= 0.3 is 0 Å². The maximum atomic E-state index is 3.80. The van der Waals surface area contributed by atoms with Gasteiger partial charge in [-0.05, 0) is 48.0 Å². The lowest BCUT2D eigenvalue weighted by atomic mass is 10.1. The van der Waals surface area contributed by atoms with E-state index >= 15 is 0 Å². The van der Waals surface area contributed by atoms with Crippen LogP contribution in [0.5, 0.6) is 0 Å². The number of rotatable bonds is 0. The Morgan fingerprint density at radius 2 is 1.82 bits per heavy atom. The van der Waals surface area contributed by atoms with Gasteiger partial charge in [0.15, 0.2) is 0 Å². The molecule has 0 N–H and O–H groups in total. The highest BCUT2D eigenvalue weighted by molar-refractivity contribution is 9.10. The second-order valence-electron chi connectivity index (χ2n) is 5.07. The fourth-order valence-corrected chi connectivity index (χ4v) is 3.67. The molecule has 2 heterocycles. The normalized spacial score (nSPS) is 16.5. The van der Waals surface area contributed by atoms with E-state index in [1.165, 1.54) is 32.2 Å². The van der Waals surface area contributed by atoms with E-state index in [2.05, 4.69) is 58.4 Å². The molecule has 2 nitrogen and oxygen atoms in total. The summed E-state index contributed by atoms with van der Waals surface area (Å²) >= 11 is 3.80. The van der Waals surface area contributed by atoms with Crippen molar-refractivity contribution in [3.63, 3.8) is 0 Å². The van der Waals surface area contributed by atoms with Crippen molar-refractivity contribution in [2.24, 2.45) is 0 Å². The predicted molar refractivity (Wildman–Crippen MR) is 75.4 cm³/mol. The van der Waals surface area contributed by atoms with Crippen LogP contribution in [-0.4, -0.2) is 23.1 Å². The molecule has 0 radical (unpaired) electrons. The molecule has 0 spiro atoms. The van der Waals surface area contributed by atoms with Crippen molar-refractivity contribution < 1.29 is 0 Å². The third-order valence-electron chi connectivity index (χ3n) is 3.78. The highest BCUT2D eigenvalue weighted by Gasteiger charge is 2.22. The third-order valence-corrected chi connectivity index (χ3v) is 4.64. The Bertz CT molecular complexity index is 598. The van der Waals surface area contributed by atoms with Gasteiger partial charge in [0.05, 0.1) is 5.52 Å². The van der Waals surface area contributed by atoms with Crippen LogP contribution in [-0.2, 0) is 13.1 Å².